The van der Waals surface area contributed by atoms with Crippen molar-refractivity contribution >= 4 is 29.0 Å². The predicted molar refractivity (Wildman–Crippen MR) is 123 cm³/mol. The van der Waals surface area contributed by atoms with Crippen LogP contribution in [-0.4, -0.2) is 35.0 Å². The van der Waals surface area contributed by atoms with Crippen LogP contribution in [-0.2, 0) is 7.05 Å². The van der Waals surface area contributed by atoms with Gasteiger partial charge in [0, 0.05) is 18.8 Å². The summed E-state index contributed by atoms with van der Waals surface area (Å²) in [5.41, 5.74) is 3.55. The summed E-state index contributed by atoms with van der Waals surface area (Å²) < 4.78 is 16.9. The molecule has 33 heavy (non-hydrogen) atoms. The molecule has 0 spiro atoms. The first-order valence-electron chi connectivity index (χ1n) is 9.98. The van der Waals surface area contributed by atoms with Crippen LogP contribution in [0, 0.1) is 12.7 Å². The molecule has 4 heterocycles. The minimum absolute atomic E-state index is 0.110. The molecule has 0 aliphatic heterocycles. The van der Waals surface area contributed by atoms with E-state index < -0.39 is 5.91 Å². The molecule has 1 N–H and O–H groups in total. The van der Waals surface area contributed by atoms with E-state index in [0.29, 0.717) is 22.9 Å². The van der Waals surface area contributed by atoms with E-state index in [-0.39, 0.29) is 16.5 Å². The molecule has 10 heteroatoms. The second kappa shape index (κ2) is 8.10. The van der Waals surface area contributed by atoms with Gasteiger partial charge in [-0.2, -0.15) is 5.10 Å². The van der Waals surface area contributed by atoms with Gasteiger partial charge in [0.1, 0.15) is 23.0 Å². The van der Waals surface area contributed by atoms with Crippen molar-refractivity contribution in [3.05, 3.63) is 83.3 Å². The number of nitrogens with one attached hydrogen (secondary N) is 1. The number of aryl methyl sites for hydroxylation is 1. The van der Waals surface area contributed by atoms with Crippen molar-refractivity contribution in [1.29, 1.82) is 0 Å². The minimum Gasteiger partial charge on any atom is -0.330 e. The molecular formula is C23H17ClFN7O. The zero-order valence-electron chi connectivity index (χ0n) is 17.6. The van der Waals surface area contributed by atoms with Crippen molar-refractivity contribution in [2.45, 2.75) is 6.92 Å². The van der Waals surface area contributed by atoms with Gasteiger partial charge >= 0.3 is 0 Å². The molecule has 5 rings (SSSR count). The maximum absolute atomic E-state index is 13.4. The number of anilines is 1. The molecule has 0 radical (unpaired) electrons. The Morgan fingerprint density at radius 1 is 1.09 bits per heavy atom. The van der Waals surface area contributed by atoms with Gasteiger partial charge in [0.2, 0.25) is 0 Å². The van der Waals surface area contributed by atoms with Crippen LogP contribution in [0.5, 0.6) is 0 Å². The van der Waals surface area contributed by atoms with Crippen LogP contribution in [0.15, 0.2) is 60.9 Å². The monoisotopic (exact) mass is 461 g/mol. The van der Waals surface area contributed by atoms with Gasteiger partial charge < -0.3 is 9.88 Å². The number of fused-ring (bicyclic) bond motifs is 1. The van der Waals surface area contributed by atoms with E-state index in [0.717, 1.165) is 17.1 Å². The quantitative estimate of drug-likeness (QED) is 0.424. The number of imidazole rings is 2. The third-order valence-corrected chi connectivity index (χ3v) is 5.52. The van der Waals surface area contributed by atoms with Gasteiger partial charge in [-0.3, -0.25) is 4.79 Å². The van der Waals surface area contributed by atoms with E-state index in [1.165, 1.54) is 18.3 Å². The number of hydrogen-bond acceptors (Lipinski definition) is 5. The van der Waals surface area contributed by atoms with Crippen molar-refractivity contribution in [1.82, 2.24) is 29.1 Å². The van der Waals surface area contributed by atoms with Crippen molar-refractivity contribution < 1.29 is 9.18 Å². The van der Waals surface area contributed by atoms with Crippen molar-refractivity contribution in [2.75, 3.05) is 5.32 Å². The molecule has 8 nitrogen and oxygen atoms in total. The van der Waals surface area contributed by atoms with Crippen molar-refractivity contribution in [3.63, 3.8) is 0 Å². The van der Waals surface area contributed by atoms with E-state index in [9.17, 15) is 9.18 Å². The first-order chi connectivity index (χ1) is 15.9. The number of carbonyl (C=O) groups excluding carboxylic acids is 1. The Kier molecular flexibility index (Phi) is 5.10. The SMILES string of the molecule is Cc1nc(-c2ccc(F)cc2)c(-c2ccc3nc(NC(=O)c4ncccc4Cl)cn3n2)n1C. The standard InChI is InChI=1S/C23H17ClFN7O/c1-13-27-20(14-5-7-15(25)8-6-14)22(31(13)2)17-9-10-19-28-18(12-32(19)30-17)29-23(33)21-16(24)4-3-11-26-21/h3-12H,1-2H3,(H,29,33). The number of carbonyl (C=O) groups is 1. The molecule has 0 aliphatic rings. The van der Waals surface area contributed by atoms with Crippen LogP contribution in [0.1, 0.15) is 16.3 Å². The van der Waals surface area contributed by atoms with E-state index >= 15 is 0 Å². The van der Waals surface area contributed by atoms with Gasteiger partial charge in [-0.15, -0.1) is 0 Å². The molecule has 4 aromatic heterocycles. The van der Waals surface area contributed by atoms with Crippen LogP contribution in [0.4, 0.5) is 10.2 Å². The molecule has 5 aromatic rings. The Labute approximate surface area is 192 Å². The highest BCUT2D eigenvalue weighted by molar-refractivity contribution is 6.34. The van der Waals surface area contributed by atoms with Crippen molar-refractivity contribution in [3.8, 4) is 22.6 Å². The number of pyridine rings is 1. The first kappa shape index (κ1) is 20.8. The van der Waals surface area contributed by atoms with Gasteiger partial charge in [0.15, 0.2) is 11.5 Å². The van der Waals surface area contributed by atoms with Gasteiger partial charge in [-0.05, 0) is 55.5 Å². The molecule has 0 unspecified atom stereocenters. The highest BCUT2D eigenvalue weighted by atomic mass is 35.5. The highest BCUT2D eigenvalue weighted by Gasteiger charge is 2.19. The second-order valence-corrected chi connectivity index (χ2v) is 7.76. The number of rotatable bonds is 4. The number of hydrogen-bond donors (Lipinski definition) is 1. The van der Waals surface area contributed by atoms with Crippen LogP contribution in [0.3, 0.4) is 0 Å². The lowest BCUT2D eigenvalue weighted by Crippen LogP contribution is -2.14. The summed E-state index contributed by atoms with van der Waals surface area (Å²) in [4.78, 5) is 25.6. The fourth-order valence-corrected chi connectivity index (χ4v) is 3.72. The average molecular weight is 462 g/mol. The molecule has 0 saturated heterocycles. The van der Waals surface area contributed by atoms with Gasteiger partial charge in [0.25, 0.3) is 5.91 Å². The third-order valence-electron chi connectivity index (χ3n) is 5.21. The number of aromatic nitrogens is 6. The number of benzene rings is 1. The van der Waals surface area contributed by atoms with Gasteiger partial charge in [0.05, 0.1) is 22.6 Å². The zero-order chi connectivity index (χ0) is 23.1. The zero-order valence-corrected chi connectivity index (χ0v) is 18.4. The van der Waals surface area contributed by atoms with Crippen LogP contribution >= 0.6 is 11.6 Å². The third kappa shape index (κ3) is 3.83. The maximum Gasteiger partial charge on any atom is 0.277 e. The molecule has 0 bridgehead atoms. The number of amides is 1. The maximum atomic E-state index is 13.4. The Morgan fingerprint density at radius 2 is 1.88 bits per heavy atom. The summed E-state index contributed by atoms with van der Waals surface area (Å²) in [7, 11) is 1.90. The summed E-state index contributed by atoms with van der Waals surface area (Å²) in [6.07, 6.45) is 3.10. The Bertz CT molecular complexity index is 1510. The molecule has 164 valence electrons. The lowest BCUT2D eigenvalue weighted by Gasteiger charge is -2.07. The minimum atomic E-state index is -0.468. The summed E-state index contributed by atoms with van der Waals surface area (Å²) >= 11 is 6.05. The fraction of sp³-hybridized carbons (Fsp3) is 0.0870. The molecule has 0 saturated carbocycles. The summed E-state index contributed by atoms with van der Waals surface area (Å²) in [5.74, 6) is 0.320. The summed E-state index contributed by atoms with van der Waals surface area (Å²) in [5, 5.41) is 7.61. The largest absolute Gasteiger partial charge is 0.330 e. The van der Waals surface area contributed by atoms with Crippen LogP contribution < -0.4 is 5.32 Å². The van der Waals surface area contributed by atoms with Crippen LogP contribution in [0.25, 0.3) is 28.3 Å². The number of halogens is 2. The smallest absolute Gasteiger partial charge is 0.277 e. The molecular weight excluding hydrogens is 445 g/mol. The van der Waals surface area contributed by atoms with E-state index in [1.807, 2.05) is 24.6 Å². The van der Waals surface area contributed by atoms with Crippen molar-refractivity contribution in [2.24, 2.45) is 7.05 Å². The van der Waals surface area contributed by atoms with Gasteiger partial charge in [-0.25, -0.2) is 23.9 Å². The lowest BCUT2D eigenvalue weighted by atomic mass is 10.1. The Hall–Kier alpha value is -4.11. The Morgan fingerprint density at radius 3 is 2.64 bits per heavy atom. The van der Waals surface area contributed by atoms with E-state index in [1.54, 1.807) is 41.0 Å². The average Bonchev–Trinajstić information content (AvgIpc) is 3.33. The van der Waals surface area contributed by atoms with Gasteiger partial charge in [-0.1, -0.05) is 11.6 Å². The van der Waals surface area contributed by atoms with E-state index in [4.69, 9.17) is 11.6 Å². The summed E-state index contributed by atoms with van der Waals surface area (Å²) in [6.45, 7) is 1.89. The normalized spacial score (nSPS) is 11.2. The lowest BCUT2D eigenvalue weighted by molar-refractivity contribution is 0.102. The fourth-order valence-electron chi connectivity index (χ4n) is 3.51. The molecule has 0 atom stereocenters. The summed E-state index contributed by atoms with van der Waals surface area (Å²) in [6, 6.07) is 13.0. The number of nitrogens with zero attached hydrogens (tertiary/aromatic N) is 6. The highest BCUT2D eigenvalue weighted by Crippen LogP contribution is 2.31. The molecule has 0 aliphatic carbocycles. The van der Waals surface area contributed by atoms with E-state index in [2.05, 4.69) is 25.4 Å². The molecule has 1 amide bonds. The second-order valence-electron chi connectivity index (χ2n) is 7.36. The molecule has 1 aromatic carbocycles. The Balaban J connectivity index is 1.52. The first-order valence-corrected chi connectivity index (χ1v) is 10.4. The predicted octanol–water partition coefficient (Wildman–Crippen LogP) is 4.55. The molecule has 0 fully saturated rings. The topological polar surface area (TPSA) is 90.0 Å². The van der Waals surface area contributed by atoms with Crippen LogP contribution in [0.2, 0.25) is 5.02 Å².